The van der Waals surface area contributed by atoms with Gasteiger partial charge < -0.3 is 15.6 Å². The minimum Gasteiger partial charge on any atom is -0.354 e. The molecule has 0 aliphatic carbocycles. The molecule has 0 spiro atoms. The Bertz CT molecular complexity index is 405. The van der Waals surface area contributed by atoms with Crippen molar-refractivity contribution in [2.75, 3.05) is 18.0 Å². The lowest BCUT2D eigenvalue weighted by atomic mass is 10.1. The molecule has 0 saturated carbocycles. The molecule has 1 fully saturated rings. The van der Waals surface area contributed by atoms with Gasteiger partial charge in [0, 0.05) is 19.1 Å². The molecule has 1 aliphatic heterocycles. The summed E-state index contributed by atoms with van der Waals surface area (Å²) in [6.07, 6.45) is 3.50. The van der Waals surface area contributed by atoms with Gasteiger partial charge in [0.2, 0.25) is 0 Å². The van der Waals surface area contributed by atoms with Crippen LogP contribution >= 0.6 is 15.9 Å². The van der Waals surface area contributed by atoms with Gasteiger partial charge in [0.25, 0.3) is 5.56 Å². The number of nitrogens with two attached hydrogens (primary N) is 1. The van der Waals surface area contributed by atoms with Crippen molar-refractivity contribution in [3.05, 3.63) is 21.2 Å². The largest absolute Gasteiger partial charge is 0.354 e. The summed E-state index contributed by atoms with van der Waals surface area (Å²) >= 11 is 3.25. The summed E-state index contributed by atoms with van der Waals surface area (Å²) in [5.74, 6) is 0.689. The van der Waals surface area contributed by atoms with Gasteiger partial charge in [0.05, 0.1) is 6.33 Å². The zero-order valence-corrected chi connectivity index (χ0v) is 9.83. The standard InChI is InChI=1S/C9H13BrN4O/c10-7-8(12-5-13-9(7)15)14-3-1-2-6(11)4-14/h5-6H,1-4,11H2,(H,12,13,15). The number of hydrogen-bond donors (Lipinski definition) is 2. The van der Waals surface area contributed by atoms with Gasteiger partial charge in [-0.25, -0.2) is 4.98 Å². The molecule has 2 rings (SSSR count). The molecule has 5 nitrogen and oxygen atoms in total. The molecule has 1 aliphatic rings. The Hall–Kier alpha value is -0.880. The highest BCUT2D eigenvalue weighted by atomic mass is 79.9. The van der Waals surface area contributed by atoms with Gasteiger partial charge in [-0.15, -0.1) is 0 Å². The second-order valence-electron chi connectivity index (χ2n) is 3.72. The summed E-state index contributed by atoms with van der Waals surface area (Å²) in [6.45, 7) is 1.66. The molecule has 2 heterocycles. The van der Waals surface area contributed by atoms with Crippen molar-refractivity contribution in [1.29, 1.82) is 0 Å². The lowest BCUT2D eigenvalue weighted by Gasteiger charge is -2.31. The molecular formula is C9H13BrN4O. The van der Waals surface area contributed by atoms with Gasteiger partial charge in [-0.1, -0.05) is 0 Å². The maximum Gasteiger partial charge on any atom is 0.267 e. The molecule has 1 aromatic heterocycles. The SMILES string of the molecule is NC1CCCN(c2nc[nH]c(=O)c2Br)C1. The number of hydrogen-bond acceptors (Lipinski definition) is 4. The number of halogens is 1. The minimum absolute atomic E-state index is 0.154. The molecular weight excluding hydrogens is 260 g/mol. The molecule has 6 heteroatoms. The first-order chi connectivity index (χ1) is 7.18. The normalized spacial score (nSPS) is 21.7. The second kappa shape index (κ2) is 4.32. The molecule has 1 aromatic rings. The molecule has 0 bridgehead atoms. The van der Waals surface area contributed by atoms with Crippen molar-refractivity contribution in [3.63, 3.8) is 0 Å². The summed E-state index contributed by atoms with van der Waals surface area (Å²) < 4.78 is 0.485. The maximum absolute atomic E-state index is 11.4. The Morgan fingerprint density at radius 1 is 1.67 bits per heavy atom. The predicted molar refractivity (Wildman–Crippen MR) is 62.0 cm³/mol. The molecule has 0 aromatic carbocycles. The van der Waals surface area contributed by atoms with Crippen LogP contribution in [0.2, 0.25) is 0 Å². The Morgan fingerprint density at radius 3 is 3.20 bits per heavy atom. The molecule has 1 saturated heterocycles. The van der Waals surface area contributed by atoms with Crippen molar-refractivity contribution < 1.29 is 0 Å². The number of H-pyrrole nitrogens is 1. The van der Waals surface area contributed by atoms with E-state index in [2.05, 4.69) is 25.9 Å². The van der Waals surface area contributed by atoms with Gasteiger partial charge in [0.1, 0.15) is 10.3 Å². The van der Waals surface area contributed by atoms with E-state index in [0.29, 0.717) is 10.3 Å². The molecule has 0 radical (unpaired) electrons. The summed E-state index contributed by atoms with van der Waals surface area (Å²) in [4.78, 5) is 20.1. The van der Waals surface area contributed by atoms with Crippen molar-refractivity contribution >= 4 is 21.7 Å². The van der Waals surface area contributed by atoms with E-state index in [9.17, 15) is 4.79 Å². The summed E-state index contributed by atoms with van der Waals surface area (Å²) in [5, 5.41) is 0. The lowest BCUT2D eigenvalue weighted by Crippen LogP contribution is -2.43. The minimum atomic E-state index is -0.154. The van der Waals surface area contributed by atoms with Crippen LogP contribution in [0.4, 0.5) is 5.82 Å². The first kappa shape index (κ1) is 10.6. The van der Waals surface area contributed by atoms with Crippen LogP contribution < -0.4 is 16.2 Å². The van der Waals surface area contributed by atoms with Gasteiger partial charge in [-0.2, -0.15) is 0 Å². The number of nitrogens with one attached hydrogen (secondary N) is 1. The van der Waals surface area contributed by atoms with Crippen LogP contribution in [0.1, 0.15) is 12.8 Å². The third kappa shape index (κ3) is 2.21. The smallest absolute Gasteiger partial charge is 0.267 e. The average Bonchev–Trinajstić information content (AvgIpc) is 2.22. The number of aromatic nitrogens is 2. The van der Waals surface area contributed by atoms with Gasteiger partial charge in [-0.3, -0.25) is 4.79 Å². The van der Waals surface area contributed by atoms with Crippen molar-refractivity contribution in [2.45, 2.75) is 18.9 Å². The van der Waals surface area contributed by atoms with Crippen molar-refractivity contribution in [1.82, 2.24) is 9.97 Å². The molecule has 1 atom stereocenters. The summed E-state index contributed by atoms with van der Waals surface area (Å²) in [5.41, 5.74) is 5.73. The number of aromatic amines is 1. The quantitative estimate of drug-likeness (QED) is 0.779. The van der Waals surface area contributed by atoms with E-state index in [1.54, 1.807) is 0 Å². The van der Waals surface area contributed by atoms with Crippen LogP contribution in [0.5, 0.6) is 0 Å². The molecule has 0 amide bonds. The zero-order valence-electron chi connectivity index (χ0n) is 8.24. The maximum atomic E-state index is 11.4. The fraction of sp³-hybridized carbons (Fsp3) is 0.556. The molecule has 3 N–H and O–H groups in total. The van der Waals surface area contributed by atoms with Crippen LogP contribution in [-0.4, -0.2) is 29.1 Å². The van der Waals surface area contributed by atoms with Crippen molar-refractivity contribution in [3.8, 4) is 0 Å². The Balaban J connectivity index is 2.28. The van der Waals surface area contributed by atoms with E-state index in [1.807, 2.05) is 4.90 Å². The Morgan fingerprint density at radius 2 is 2.47 bits per heavy atom. The van der Waals surface area contributed by atoms with E-state index in [4.69, 9.17) is 5.73 Å². The molecule has 82 valence electrons. The van der Waals surface area contributed by atoms with E-state index in [0.717, 1.165) is 25.9 Å². The molecule has 1 unspecified atom stereocenters. The van der Waals surface area contributed by atoms with Gasteiger partial charge in [-0.05, 0) is 28.8 Å². The van der Waals surface area contributed by atoms with Crippen LogP contribution in [-0.2, 0) is 0 Å². The predicted octanol–water partition coefficient (Wildman–Crippen LogP) is 0.460. The average molecular weight is 273 g/mol. The third-order valence-electron chi connectivity index (χ3n) is 2.54. The van der Waals surface area contributed by atoms with Crippen LogP contribution in [0.3, 0.4) is 0 Å². The topological polar surface area (TPSA) is 75.0 Å². The highest BCUT2D eigenvalue weighted by Gasteiger charge is 2.20. The molecule has 15 heavy (non-hydrogen) atoms. The van der Waals surface area contributed by atoms with E-state index >= 15 is 0 Å². The van der Waals surface area contributed by atoms with E-state index < -0.39 is 0 Å². The van der Waals surface area contributed by atoms with E-state index in [-0.39, 0.29) is 11.6 Å². The highest BCUT2D eigenvalue weighted by Crippen LogP contribution is 2.22. The lowest BCUT2D eigenvalue weighted by molar-refractivity contribution is 0.502. The van der Waals surface area contributed by atoms with E-state index in [1.165, 1.54) is 6.33 Å². The number of piperidine rings is 1. The van der Waals surface area contributed by atoms with Crippen LogP contribution in [0.15, 0.2) is 15.6 Å². The van der Waals surface area contributed by atoms with Crippen molar-refractivity contribution in [2.24, 2.45) is 5.73 Å². The van der Waals surface area contributed by atoms with Crippen LogP contribution in [0.25, 0.3) is 0 Å². The second-order valence-corrected chi connectivity index (χ2v) is 4.51. The zero-order chi connectivity index (χ0) is 10.8. The van der Waals surface area contributed by atoms with Crippen LogP contribution in [0, 0.1) is 0 Å². The summed E-state index contributed by atoms with van der Waals surface area (Å²) in [7, 11) is 0. The monoisotopic (exact) mass is 272 g/mol. The fourth-order valence-corrected chi connectivity index (χ4v) is 2.26. The highest BCUT2D eigenvalue weighted by molar-refractivity contribution is 9.10. The number of nitrogens with zero attached hydrogens (tertiary/aromatic N) is 2. The first-order valence-corrected chi connectivity index (χ1v) is 5.71. The van der Waals surface area contributed by atoms with Gasteiger partial charge in [0.15, 0.2) is 0 Å². The Kier molecular flexibility index (Phi) is 3.06. The summed E-state index contributed by atoms with van der Waals surface area (Å²) in [6, 6.07) is 0.173. The van der Waals surface area contributed by atoms with Gasteiger partial charge >= 0.3 is 0 Å². The number of rotatable bonds is 1. The first-order valence-electron chi connectivity index (χ1n) is 4.92. The Labute approximate surface area is 95.8 Å². The number of anilines is 1. The fourth-order valence-electron chi connectivity index (χ4n) is 1.80. The third-order valence-corrected chi connectivity index (χ3v) is 3.25.